The molecule has 1 aromatic heterocycles. The zero-order valence-electron chi connectivity index (χ0n) is 10.9. The predicted octanol–water partition coefficient (Wildman–Crippen LogP) is 1.23. The second-order valence-electron chi connectivity index (χ2n) is 4.94. The summed E-state index contributed by atoms with van der Waals surface area (Å²) in [5, 5.41) is 0. The van der Waals surface area contributed by atoms with E-state index in [2.05, 4.69) is 22.4 Å². The highest BCUT2D eigenvalue weighted by Gasteiger charge is 2.20. The minimum Gasteiger partial charge on any atom is -0.380 e. The molecule has 1 fully saturated rings. The highest BCUT2D eigenvalue weighted by atomic mass is 16.5. The van der Waals surface area contributed by atoms with E-state index in [0.717, 1.165) is 43.6 Å². The van der Waals surface area contributed by atoms with Gasteiger partial charge in [0, 0.05) is 25.9 Å². The molecule has 5 heteroatoms. The van der Waals surface area contributed by atoms with Crippen molar-refractivity contribution in [1.82, 2.24) is 9.88 Å². The third-order valence-corrected chi connectivity index (χ3v) is 3.08. The standard InChI is InChI=1S/C13H22N4O/c1-17(6-7-18-10-11-2-3-11)9-13-8-12(16-14)4-5-15-13/h4-5,8,11H,2-3,6-7,9-10,14H2,1H3,(H,15,16). The zero-order valence-corrected chi connectivity index (χ0v) is 10.9. The Morgan fingerprint density at radius 1 is 1.56 bits per heavy atom. The van der Waals surface area contributed by atoms with E-state index in [1.807, 2.05) is 12.1 Å². The molecule has 0 aromatic carbocycles. The monoisotopic (exact) mass is 250 g/mol. The molecular weight excluding hydrogens is 228 g/mol. The number of nitrogens with two attached hydrogens (primary N) is 1. The van der Waals surface area contributed by atoms with E-state index >= 15 is 0 Å². The Bertz CT molecular complexity index is 368. The van der Waals surface area contributed by atoms with E-state index in [-0.39, 0.29) is 0 Å². The summed E-state index contributed by atoms with van der Waals surface area (Å²) in [5.41, 5.74) is 4.53. The fourth-order valence-electron chi connectivity index (χ4n) is 1.76. The van der Waals surface area contributed by atoms with E-state index in [0.29, 0.717) is 0 Å². The van der Waals surface area contributed by atoms with Crippen molar-refractivity contribution in [2.75, 3.05) is 32.2 Å². The summed E-state index contributed by atoms with van der Waals surface area (Å²) in [4.78, 5) is 6.52. The van der Waals surface area contributed by atoms with Crippen LogP contribution in [0.15, 0.2) is 18.3 Å². The molecule has 0 saturated heterocycles. The minimum atomic E-state index is 0.793. The van der Waals surface area contributed by atoms with Crippen LogP contribution in [-0.4, -0.2) is 36.7 Å². The Morgan fingerprint density at radius 2 is 2.39 bits per heavy atom. The Labute approximate surface area is 108 Å². The normalized spacial score (nSPS) is 15.1. The van der Waals surface area contributed by atoms with E-state index in [4.69, 9.17) is 10.6 Å². The van der Waals surface area contributed by atoms with Gasteiger partial charge in [0.05, 0.1) is 18.0 Å². The van der Waals surface area contributed by atoms with Gasteiger partial charge in [-0.05, 0) is 37.9 Å². The molecule has 1 aromatic rings. The van der Waals surface area contributed by atoms with Crippen molar-refractivity contribution in [3.8, 4) is 0 Å². The summed E-state index contributed by atoms with van der Waals surface area (Å²) in [6.45, 7) is 3.46. The number of hydrogen-bond acceptors (Lipinski definition) is 5. The summed E-state index contributed by atoms with van der Waals surface area (Å²) in [6, 6.07) is 3.81. The molecule has 1 aliphatic rings. The lowest BCUT2D eigenvalue weighted by Gasteiger charge is -2.16. The number of ether oxygens (including phenoxy) is 1. The number of anilines is 1. The molecule has 0 spiro atoms. The van der Waals surface area contributed by atoms with Crippen molar-refractivity contribution in [3.05, 3.63) is 24.0 Å². The number of likely N-dealkylation sites (N-methyl/N-ethyl adjacent to an activating group) is 1. The molecule has 100 valence electrons. The fraction of sp³-hybridized carbons (Fsp3) is 0.615. The number of hydrazine groups is 1. The molecule has 0 amide bonds. The summed E-state index contributed by atoms with van der Waals surface area (Å²) in [7, 11) is 2.07. The van der Waals surface area contributed by atoms with Crippen molar-refractivity contribution < 1.29 is 4.74 Å². The number of rotatable bonds is 8. The largest absolute Gasteiger partial charge is 0.380 e. The lowest BCUT2D eigenvalue weighted by atomic mass is 10.3. The van der Waals surface area contributed by atoms with Crippen LogP contribution >= 0.6 is 0 Å². The van der Waals surface area contributed by atoms with Gasteiger partial charge in [0.15, 0.2) is 0 Å². The third kappa shape index (κ3) is 4.60. The molecule has 0 radical (unpaired) electrons. The lowest BCUT2D eigenvalue weighted by molar-refractivity contribution is 0.101. The smallest absolute Gasteiger partial charge is 0.0593 e. The minimum absolute atomic E-state index is 0.793. The molecular formula is C13H22N4O. The van der Waals surface area contributed by atoms with Crippen molar-refractivity contribution in [2.24, 2.45) is 11.8 Å². The molecule has 1 aliphatic carbocycles. The highest BCUT2D eigenvalue weighted by Crippen LogP contribution is 2.28. The second kappa shape index (κ2) is 6.68. The van der Waals surface area contributed by atoms with Gasteiger partial charge in [-0.15, -0.1) is 0 Å². The average Bonchev–Trinajstić information content (AvgIpc) is 3.19. The predicted molar refractivity (Wildman–Crippen MR) is 71.9 cm³/mol. The van der Waals surface area contributed by atoms with Crippen LogP contribution in [-0.2, 0) is 11.3 Å². The van der Waals surface area contributed by atoms with E-state index in [1.165, 1.54) is 12.8 Å². The fourth-order valence-corrected chi connectivity index (χ4v) is 1.76. The van der Waals surface area contributed by atoms with Gasteiger partial charge >= 0.3 is 0 Å². The summed E-state index contributed by atoms with van der Waals surface area (Å²) >= 11 is 0. The van der Waals surface area contributed by atoms with E-state index in [9.17, 15) is 0 Å². The molecule has 3 N–H and O–H groups in total. The number of pyridine rings is 1. The van der Waals surface area contributed by atoms with Crippen molar-refractivity contribution in [2.45, 2.75) is 19.4 Å². The highest BCUT2D eigenvalue weighted by molar-refractivity contribution is 5.41. The molecule has 1 heterocycles. The van der Waals surface area contributed by atoms with Crippen LogP contribution in [0.2, 0.25) is 0 Å². The molecule has 0 aliphatic heterocycles. The molecule has 0 unspecified atom stereocenters. The Balaban J connectivity index is 1.66. The maximum absolute atomic E-state index is 5.62. The van der Waals surface area contributed by atoms with E-state index < -0.39 is 0 Å². The second-order valence-corrected chi connectivity index (χ2v) is 4.94. The Kier molecular flexibility index (Phi) is 4.92. The molecule has 18 heavy (non-hydrogen) atoms. The van der Waals surface area contributed by atoms with E-state index in [1.54, 1.807) is 6.20 Å². The lowest BCUT2D eigenvalue weighted by Crippen LogP contribution is -2.23. The number of aromatic nitrogens is 1. The number of hydrogen-bond donors (Lipinski definition) is 2. The first-order valence-corrected chi connectivity index (χ1v) is 6.46. The summed E-state index contributed by atoms with van der Waals surface area (Å²) in [6.07, 6.45) is 4.46. The van der Waals surface area contributed by atoms with Crippen LogP contribution in [0.4, 0.5) is 5.69 Å². The van der Waals surface area contributed by atoms with Crippen LogP contribution in [0, 0.1) is 5.92 Å². The molecule has 0 atom stereocenters. The number of nitrogen functional groups attached to an aromatic ring is 1. The van der Waals surface area contributed by atoms with Gasteiger partial charge in [-0.25, -0.2) is 0 Å². The summed E-state index contributed by atoms with van der Waals surface area (Å²) in [5.74, 6) is 6.21. The molecule has 2 rings (SSSR count). The SMILES string of the molecule is CN(CCOCC1CC1)Cc1cc(NN)ccn1. The van der Waals surface area contributed by atoms with Crippen LogP contribution < -0.4 is 11.3 Å². The quantitative estimate of drug-likeness (QED) is 0.413. The zero-order chi connectivity index (χ0) is 12.8. The molecule has 1 saturated carbocycles. The van der Waals surface area contributed by atoms with Crippen LogP contribution in [0.1, 0.15) is 18.5 Å². The Morgan fingerprint density at radius 3 is 3.11 bits per heavy atom. The van der Waals surface area contributed by atoms with Crippen LogP contribution in [0.5, 0.6) is 0 Å². The van der Waals surface area contributed by atoms with Gasteiger partial charge in [-0.1, -0.05) is 0 Å². The van der Waals surface area contributed by atoms with Gasteiger partial charge in [-0.3, -0.25) is 15.7 Å². The third-order valence-electron chi connectivity index (χ3n) is 3.08. The topological polar surface area (TPSA) is 63.4 Å². The van der Waals surface area contributed by atoms with Crippen molar-refractivity contribution in [1.29, 1.82) is 0 Å². The average molecular weight is 250 g/mol. The van der Waals surface area contributed by atoms with Gasteiger partial charge in [0.1, 0.15) is 0 Å². The summed E-state index contributed by atoms with van der Waals surface area (Å²) < 4.78 is 5.62. The maximum Gasteiger partial charge on any atom is 0.0593 e. The first-order valence-electron chi connectivity index (χ1n) is 6.46. The maximum atomic E-state index is 5.62. The van der Waals surface area contributed by atoms with Crippen molar-refractivity contribution in [3.63, 3.8) is 0 Å². The first kappa shape index (κ1) is 13.3. The van der Waals surface area contributed by atoms with Crippen LogP contribution in [0.25, 0.3) is 0 Å². The molecule has 0 bridgehead atoms. The van der Waals surface area contributed by atoms with Gasteiger partial charge in [0.2, 0.25) is 0 Å². The van der Waals surface area contributed by atoms with Crippen molar-refractivity contribution >= 4 is 5.69 Å². The molecule has 5 nitrogen and oxygen atoms in total. The number of nitrogens with zero attached hydrogens (tertiary/aromatic N) is 2. The van der Waals surface area contributed by atoms with Gasteiger partial charge in [0.25, 0.3) is 0 Å². The number of nitrogens with one attached hydrogen (secondary N) is 1. The van der Waals surface area contributed by atoms with Gasteiger partial charge < -0.3 is 10.2 Å². The van der Waals surface area contributed by atoms with Gasteiger partial charge in [-0.2, -0.15) is 0 Å². The van der Waals surface area contributed by atoms with Crippen LogP contribution in [0.3, 0.4) is 0 Å². The first-order chi connectivity index (χ1) is 8.78. The Hall–Kier alpha value is -1.17.